The van der Waals surface area contributed by atoms with E-state index >= 15 is 0 Å². The van der Waals surface area contributed by atoms with Gasteiger partial charge in [-0.3, -0.25) is 4.79 Å². The van der Waals surface area contributed by atoms with Gasteiger partial charge in [-0.05, 0) is 41.5 Å². The second-order valence-corrected chi connectivity index (χ2v) is 8.12. The lowest BCUT2D eigenvalue weighted by molar-refractivity contribution is -0.136. The summed E-state index contributed by atoms with van der Waals surface area (Å²) in [5.41, 5.74) is 3.01. The summed E-state index contributed by atoms with van der Waals surface area (Å²) in [6, 6.07) is 33.6. The van der Waals surface area contributed by atoms with Crippen LogP contribution >= 0.6 is 0 Å². The lowest BCUT2D eigenvalue weighted by Gasteiger charge is -2.14. The molecule has 0 saturated carbocycles. The minimum Gasteiger partial charge on any atom is -0.489 e. The molecular formula is C31H27NO5. The zero-order chi connectivity index (χ0) is 25.9. The van der Waals surface area contributed by atoms with Gasteiger partial charge in [0.25, 0.3) is 5.91 Å². The third-order valence-corrected chi connectivity index (χ3v) is 5.46. The molecule has 0 fully saturated rings. The van der Waals surface area contributed by atoms with Crippen molar-refractivity contribution < 1.29 is 23.8 Å². The molecule has 0 radical (unpaired) electrons. The highest BCUT2D eigenvalue weighted by molar-refractivity contribution is 6.03. The molecule has 0 aromatic heterocycles. The van der Waals surface area contributed by atoms with Crippen molar-refractivity contribution in [3.8, 4) is 11.5 Å². The number of nitrogens with one attached hydrogen (secondary N) is 1. The monoisotopic (exact) mass is 493 g/mol. The molecule has 6 nitrogen and oxygen atoms in total. The summed E-state index contributed by atoms with van der Waals surface area (Å²) >= 11 is 0. The lowest BCUT2D eigenvalue weighted by Crippen LogP contribution is -2.28. The number of esters is 1. The van der Waals surface area contributed by atoms with Crippen LogP contribution in [0, 0.1) is 0 Å². The van der Waals surface area contributed by atoms with E-state index in [2.05, 4.69) is 5.32 Å². The summed E-state index contributed by atoms with van der Waals surface area (Å²) in [7, 11) is 1.26. The molecule has 0 bridgehead atoms. The fourth-order valence-electron chi connectivity index (χ4n) is 3.52. The number of hydrogen-bond acceptors (Lipinski definition) is 5. The van der Waals surface area contributed by atoms with Gasteiger partial charge in [0.2, 0.25) is 0 Å². The molecule has 4 rings (SSSR count). The van der Waals surface area contributed by atoms with Crippen LogP contribution in [0.25, 0.3) is 6.08 Å². The third-order valence-electron chi connectivity index (χ3n) is 5.46. The fraction of sp³-hybridized carbons (Fsp3) is 0.0968. The van der Waals surface area contributed by atoms with Gasteiger partial charge < -0.3 is 19.5 Å². The van der Waals surface area contributed by atoms with Crippen molar-refractivity contribution >= 4 is 18.0 Å². The van der Waals surface area contributed by atoms with Gasteiger partial charge in [-0.25, -0.2) is 4.79 Å². The molecule has 0 spiro atoms. The maximum atomic E-state index is 12.7. The summed E-state index contributed by atoms with van der Waals surface area (Å²) < 4.78 is 17.0. The summed E-state index contributed by atoms with van der Waals surface area (Å²) in [5.74, 6) is -0.00343. The molecule has 4 aromatic rings. The van der Waals surface area contributed by atoms with Crippen molar-refractivity contribution in [2.45, 2.75) is 13.2 Å². The number of amides is 1. The van der Waals surface area contributed by atoms with Crippen LogP contribution in [0.15, 0.2) is 115 Å². The van der Waals surface area contributed by atoms with Crippen molar-refractivity contribution in [3.05, 3.63) is 137 Å². The van der Waals surface area contributed by atoms with Gasteiger partial charge in [0, 0.05) is 17.2 Å². The smallest absolute Gasteiger partial charge is 0.354 e. The van der Waals surface area contributed by atoms with E-state index in [-0.39, 0.29) is 5.70 Å². The van der Waals surface area contributed by atoms with E-state index in [1.807, 2.05) is 66.7 Å². The van der Waals surface area contributed by atoms with Gasteiger partial charge in [0.05, 0.1) is 7.11 Å². The molecule has 0 heterocycles. The first-order valence-corrected chi connectivity index (χ1v) is 11.8. The molecule has 37 heavy (non-hydrogen) atoms. The van der Waals surface area contributed by atoms with Gasteiger partial charge in [-0.2, -0.15) is 0 Å². The van der Waals surface area contributed by atoms with E-state index in [1.165, 1.54) is 13.2 Å². The molecule has 0 unspecified atom stereocenters. The predicted molar refractivity (Wildman–Crippen MR) is 142 cm³/mol. The summed E-state index contributed by atoms with van der Waals surface area (Å²) in [6.45, 7) is 0.711. The largest absolute Gasteiger partial charge is 0.489 e. The Kier molecular flexibility index (Phi) is 8.70. The second-order valence-electron chi connectivity index (χ2n) is 8.12. The van der Waals surface area contributed by atoms with E-state index in [0.29, 0.717) is 35.8 Å². The van der Waals surface area contributed by atoms with Crippen LogP contribution in [0.2, 0.25) is 0 Å². The number of carbonyl (C=O) groups excluding carboxylic acids is 2. The van der Waals surface area contributed by atoms with Gasteiger partial charge in [0.15, 0.2) is 0 Å². The zero-order valence-electron chi connectivity index (χ0n) is 20.4. The normalized spacial score (nSPS) is 10.9. The number of rotatable bonds is 10. The van der Waals surface area contributed by atoms with Crippen LogP contribution < -0.4 is 14.8 Å². The van der Waals surface area contributed by atoms with E-state index in [0.717, 1.165) is 11.1 Å². The average molecular weight is 494 g/mol. The highest BCUT2D eigenvalue weighted by Crippen LogP contribution is 2.28. The van der Waals surface area contributed by atoms with Crippen molar-refractivity contribution in [2.24, 2.45) is 0 Å². The van der Waals surface area contributed by atoms with E-state index in [4.69, 9.17) is 14.2 Å². The summed E-state index contributed by atoms with van der Waals surface area (Å²) in [5, 5.41) is 2.66. The SMILES string of the molecule is COC(=O)/C(=C/c1ccc(OCc2ccccc2)cc1OCc1ccccc1)NC(=O)c1ccccc1. The number of benzene rings is 4. The van der Waals surface area contributed by atoms with Crippen LogP contribution in [-0.2, 0) is 22.7 Å². The van der Waals surface area contributed by atoms with Gasteiger partial charge in [0.1, 0.15) is 30.4 Å². The van der Waals surface area contributed by atoms with E-state index in [9.17, 15) is 9.59 Å². The van der Waals surface area contributed by atoms with Gasteiger partial charge >= 0.3 is 5.97 Å². The maximum absolute atomic E-state index is 12.7. The summed E-state index contributed by atoms with van der Waals surface area (Å²) in [4.78, 5) is 25.3. The molecule has 0 saturated heterocycles. The number of carbonyl (C=O) groups is 2. The Labute approximate surface area is 216 Å². The molecule has 0 atom stereocenters. The summed E-state index contributed by atoms with van der Waals surface area (Å²) in [6.07, 6.45) is 1.54. The van der Waals surface area contributed by atoms with Gasteiger partial charge in [-0.1, -0.05) is 78.9 Å². The molecule has 0 aliphatic rings. The minimum absolute atomic E-state index is 0.0149. The number of methoxy groups -OCH3 is 1. The average Bonchev–Trinajstić information content (AvgIpc) is 2.96. The fourth-order valence-corrected chi connectivity index (χ4v) is 3.52. The van der Waals surface area contributed by atoms with E-state index < -0.39 is 11.9 Å². The first kappa shape index (κ1) is 25.3. The molecule has 4 aromatic carbocycles. The van der Waals surface area contributed by atoms with Crippen molar-refractivity contribution in [1.82, 2.24) is 5.32 Å². The second kappa shape index (κ2) is 12.7. The Balaban J connectivity index is 1.62. The highest BCUT2D eigenvalue weighted by atomic mass is 16.5. The zero-order valence-corrected chi connectivity index (χ0v) is 20.4. The number of hydrogen-bond donors (Lipinski definition) is 1. The molecule has 6 heteroatoms. The van der Waals surface area contributed by atoms with Crippen molar-refractivity contribution in [1.29, 1.82) is 0 Å². The Morgan fingerprint density at radius 3 is 1.89 bits per heavy atom. The van der Waals surface area contributed by atoms with Crippen LogP contribution in [0.5, 0.6) is 11.5 Å². The Hall–Kier alpha value is -4.84. The van der Waals surface area contributed by atoms with Crippen LogP contribution in [0.4, 0.5) is 0 Å². The molecule has 186 valence electrons. The maximum Gasteiger partial charge on any atom is 0.354 e. The Morgan fingerprint density at radius 1 is 0.730 bits per heavy atom. The Bertz CT molecular complexity index is 1350. The van der Waals surface area contributed by atoms with Gasteiger partial charge in [-0.15, -0.1) is 0 Å². The van der Waals surface area contributed by atoms with Crippen molar-refractivity contribution in [3.63, 3.8) is 0 Å². The molecule has 0 aliphatic carbocycles. The van der Waals surface area contributed by atoms with Crippen molar-refractivity contribution in [2.75, 3.05) is 7.11 Å². The standard InChI is InChI=1S/C31H27NO5/c1-35-31(34)28(32-30(33)25-15-9-4-10-16-25)19-26-17-18-27(36-21-23-11-5-2-6-12-23)20-29(26)37-22-24-13-7-3-8-14-24/h2-20H,21-22H2,1H3,(H,32,33)/b28-19-. The minimum atomic E-state index is -0.678. The predicted octanol–water partition coefficient (Wildman–Crippen LogP) is 5.79. The first-order chi connectivity index (χ1) is 18.1. The number of ether oxygens (including phenoxy) is 3. The van der Waals surface area contributed by atoms with Crippen LogP contribution in [0.3, 0.4) is 0 Å². The third kappa shape index (κ3) is 7.32. The first-order valence-electron chi connectivity index (χ1n) is 11.8. The van der Waals surface area contributed by atoms with Crippen LogP contribution in [-0.4, -0.2) is 19.0 Å². The highest BCUT2D eigenvalue weighted by Gasteiger charge is 2.16. The topological polar surface area (TPSA) is 73.9 Å². The quantitative estimate of drug-likeness (QED) is 0.224. The lowest BCUT2D eigenvalue weighted by atomic mass is 10.1. The Morgan fingerprint density at radius 2 is 1.30 bits per heavy atom. The molecule has 1 N–H and O–H groups in total. The molecular weight excluding hydrogens is 466 g/mol. The van der Waals surface area contributed by atoms with Crippen LogP contribution in [0.1, 0.15) is 27.0 Å². The van der Waals surface area contributed by atoms with E-state index in [1.54, 1.807) is 42.5 Å². The molecule has 1 amide bonds. The molecule has 0 aliphatic heterocycles.